The molecule has 1 saturated heterocycles. The molecule has 28 heavy (non-hydrogen) atoms. The zero-order chi connectivity index (χ0) is 19.7. The van der Waals surface area contributed by atoms with Crippen molar-refractivity contribution >= 4 is 21.6 Å². The van der Waals surface area contributed by atoms with Crippen molar-refractivity contribution in [2.45, 2.75) is 51.9 Å². The van der Waals surface area contributed by atoms with Gasteiger partial charge in [0.2, 0.25) is 0 Å². The van der Waals surface area contributed by atoms with E-state index in [-0.39, 0.29) is 11.6 Å². The highest BCUT2D eigenvalue weighted by Crippen LogP contribution is 2.28. The third-order valence-corrected chi connectivity index (χ3v) is 6.50. The highest BCUT2D eigenvalue weighted by atomic mass is 32.1. The molecular weight excluding hydrogens is 368 g/mol. The van der Waals surface area contributed by atoms with Crippen LogP contribution >= 0.6 is 11.3 Å². The fourth-order valence-corrected chi connectivity index (χ4v) is 4.95. The lowest BCUT2D eigenvalue weighted by Gasteiger charge is -2.42. The van der Waals surface area contributed by atoms with Crippen molar-refractivity contribution in [3.05, 3.63) is 63.5 Å². The van der Waals surface area contributed by atoms with E-state index in [1.807, 2.05) is 34.2 Å². The predicted octanol–water partition coefficient (Wildman–Crippen LogP) is 3.64. The van der Waals surface area contributed by atoms with Crippen LogP contribution in [0.2, 0.25) is 0 Å². The molecule has 3 atom stereocenters. The Morgan fingerprint density at radius 3 is 2.79 bits per heavy atom. The van der Waals surface area contributed by atoms with Crippen molar-refractivity contribution in [2.24, 2.45) is 0 Å². The topological polar surface area (TPSA) is 50.2 Å². The van der Waals surface area contributed by atoms with Crippen molar-refractivity contribution in [2.75, 3.05) is 13.1 Å². The average Bonchev–Trinajstić information content (AvgIpc) is 3.17. The summed E-state index contributed by atoms with van der Waals surface area (Å²) in [7, 11) is 0. The Morgan fingerprint density at radius 1 is 1.25 bits per heavy atom. The number of benzene rings is 1. The second kappa shape index (κ2) is 8.15. The van der Waals surface area contributed by atoms with Gasteiger partial charge in [-0.25, -0.2) is 4.98 Å². The molecule has 1 aromatic carbocycles. The van der Waals surface area contributed by atoms with E-state index < -0.39 is 0 Å². The minimum atomic E-state index is 0.0689. The Kier molecular flexibility index (Phi) is 5.62. The van der Waals surface area contributed by atoms with Crippen molar-refractivity contribution in [3.63, 3.8) is 0 Å². The molecule has 3 unspecified atom stereocenters. The molecule has 0 aliphatic carbocycles. The maximum Gasteiger partial charge on any atom is 0.262 e. The summed E-state index contributed by atoms with van der Waals surface area (Å²) < 4.78 is 1.90. The number of nitrogens with zero attached hydrogens (tertiary/aromatic N) is 3. The Balaban J connectivity index is 1.83. The Hall–Kier alpha value is -2.02. The van der Waals surface area contributed by atoms with Gasteiger partial charge in [0, 0.05) is 25.2 Å². The minimum absolute atomic E-state index is 0.0689. The molecule has 148 valence electrons. The van der Waals surface area contributed by atoms with Crippen LogP contribution in [0.5, 0.6) is 0 Å². The number of fused-ring (bicyclic) bond motifs is 1. The van der Waals surface area contributed by atoms with Gasteiger partial charge in [0.1, 0.15) is 10.7 Å². The van der Waals surface area contributed by atoms with Gasteiger partial charge in [-0.3, -0.25) is 14.3 Å². The highest BCUT2D eigenvalue weighted by Gasteiger charge is 2.32. The quantitative estimate of drug-likeness (QED) is 0.715. The maximum atomic E-state index is 13.4. The van der Waals surface area contributed by atoms with Crippen molar-refractivity contribution in [3.8, 4) is 0 Å². The van der Waals surface area contributed by atoms with Crippen LogP contribution in [0.1, 0.15) is 44.6 Å². The number of piperazine rings is 1. The van der Waals surface area contributed by atoms with E-state index in [0.717, 1.165) is 41.1 Å². The van der Waals surface area contributed by atoms with E-state index in [4.69, 9.17) is 4.98 Å². The summed E-state index contributed by atoms with van der Waals surface area (Å²) >= 11 is 1.55. The number of rotatable bonds is 5. The summed E-state index contributed by atoms with van der Waals surface area (Å²) in [5.41, 5.74) is 1.19. The second-order valence-corrected chi connectivity index (χ2v) is 8.66. The third-order valence-electron chi connectivity index (χ3n) is 5.69. The van der Waals surface area contributed by atoms with Crippen molar-refractivity contribution in [1.29, 1.82) is 0 Å². The third kappa shape index (κ3) is 3.64. The van der Waals surface area contributed by atoms with E-state index in [1.165, 1.54) is 0 Å². The van der Waals surface area contributed by atoms with Gasteiger partial charge in [0.15, 0.2) is 0 Å². The van der Waals surface area contributed by atoms with Gasteiger partial charge >= 0.3 is 0 Å². The number of aromatic nitrogens is 2. The van der Waals surface area contributed by atoms with Gasteiger partial charge in [-0.05, 0) is 37.3 Å². The molecule has 0 spiro atoms. The number of hydrogen-bond donors (Lipinski definition) is 1. The van der Waals surface area contributed by atoms with Crippen molar-refractivity contribution in [1.82, 2.24) is 19.8 Å². The van der Waals surface area contributed by atoms with Crippen LogP contribution in [-0.2, 0) is 6.54 Å². The highest BCUT2D eigenvalue weighted by molar-refractivity contribution is 7.16. The second-order valence-electron chi connectivity index (χ2n) is 7.77. The molecule has 3 heterocycles. The summed E-state index contributed by atoms with van der Waals surface area (Å²) in [5.74, 6) is 0.896. The smallest absolute Gasteiger partial charge is 0.262 e. The molecule has 0 saturated carbocycles. The van der Waals surface area contributed by atoms with Crippen LogP contribution in [-0.4, -0.2) is 39.6 Å². The average molecular weight is 397 g/mol. The molecule has 2 aromatic heterocycles. The van der Waals surface area contributed by atoms with E-state index in [2.05, 4.69) is 43.1 Å². The first-order valence-corrected chi connectivity index (χ1v) is 11.0. The first-order chi connectivity index (χ1) is 13.6. The molecule has 0 bridgehead atoms. The summed E-state index contributed by atoms with van der Waals surface area (Å²) in [6.07, 6.45) is 0.926. The molecule has 1 aliphatic heterocycles. The molecule has 1 aliphatic rings. The van der Waals surface area contributed by atoms with E-state index >= 15 is 0 Å². The standard InChI is InChI=1S/C22H28N4OS/c1-4-19(25-13-15(2)23-12-16(25)3)20-24-21-18(10-11-28-21)22(27)26(20)14-17-8-6-5-7-9-17/h5-11,15-16,19,23H,4,12-14H2,1-3H3. The summed E-state index contributed by atoms with van der Waals surface area (Å²) in [6, 6.07) is 13.1. The van der Waals surface area contributed by atoms with Crippen LogP contribution in [0.25, 0.3) is 10.2 Å². The largest absolute Gasteiger partial charge is 0.311 e. The fourth-order valence-electron chi connectivity index (χ4n) is 4.19. The van der Waals surface area contributed by atoms with Gasteiger partial charge in [0.25, 0.3) is 5.56 Å². The SMILES string of the molecule is CCC(c1nc2sccc2c(=O)n1Cc1ccccc1)N1CC(C)NCC1C. The van der Waals surface area contributed by atoms with E-state index in [9.17, 15) is 4.79 Å². The molecule has 3 aromatic rings. The predicted molar refractivity (Wildman–Crippen MR) is 116 cm³/mol. The maximum absolute atomic E-state index is 13.4. The first kappa shape index (κ1) is 19.3. The molecule has 6 heteroatoms. The van der Waals surface area contributed by atoms with E-state index in [1.54, 1.807) is 11.3 Å². The lowest BCUT2D eigenvalue weighted by molar-refractivity contribution is 0.0852. The molecule has 1 N–H and O–H groups in total. The molecule has 5 nitrogen and oxygen atoms in total. The summed E-state index contributed by atoms with van der Waals surface area (Å²) in [4.78, 5) is 21.7. The number of nitrogens with one attached hydrogen (secondary N) is 1. The molecule has 1 fully saturated rings. The lowest BCUT2D eigenvalue weighted by Crippen LogP contribution is -2.55. The lowest BCUT2D eigenvalue weighted by atomic mass is 10.0. The van der Waals surface area contributed by atoms with Gasteiger partial charge in [0.05, 0.1) is 18.0 Å². The number of thiophene rings is 1. The Labute approximate surface area is 170 Å². The van der Waals surface area contributed by atoms with Crippen LogP contribution in [0.4, 0.5) is 0 Å². The zero-order valence-corrected chi connectivity index (χ0v) is 17.6. The summed E-state index contributed by atoms with van der Waals surface area (Å²) in [6.45, 7) is 9.15. The van der Waals surface area contributed by atoms with Gasteiger partial charge in [-0.15, -0.1) is 11.3 Å². The normalized spacial score (nSPS) is 21.8. The number of hydrogen-bond acceptors (Lipinski definition) is 5. The molecule has 4 rings (SSSR count). The van der Waals surface area contributed by atoms with Gasteiger partial charge < -0.3 is 5.32 Å². The summed E-state index contributed by atoms with van der Waals surface area (Å²) in [5, 5.41) is 6.24. The zero-order valence-electron chi connectivity index (χ0n) is 16.8. The van der Waals surface area contributed by atoms with Crippen LogP contribution < -0.4 is 10.9 Å². The first-order valence-electron chi connectivity index (χ1n) is 10.1. The Morgan fingerprint density at radius 2 is 2.04 bits per heavy atom. The molecular formula is C22H28N4OS. The van der Waals surface area contributed by atoms with E-state index in [0.29, 0.717) is 18.6 Å². The van der Waals surface area contributed by atoms with Crippen LogP contribution in [0, 0.1) is 0 Å². The molecule has 0 amide bonds. The minimum Gasteiger partial charge on any atom is -0.311 e. The fraction of sp³-hybridized carbons (Fsp3) is 0.455. The monoisotopic (exact) mass is 396 g/mol. The van der Waals surface area contributed by atoms with Crippen molar-refractivity contribution < 1.29 is 0 Å². The van der Waals surface area contributed by atoms with Crippen LogP contribution in [0.15, 0.2) is 46.6 Å². The van der Waals surface area contributed by atoms with Gasteiger partial charge in [-0.1, -0.05) is 37.3 Å². The molecule has 0 radical (unpaired) electrons. The van der Waals surface area contributed by atoms with Crippen LogP contribution in [0.3, 0.4) is 0 Å². The van der Waals surface area contributed by atoms with Gasteiger partial charge in [-0.2, -0.15) is 0 Å². The Bertz CT molecular complexity index is 997.